The van der Waals surface area contributed by atoms with E-state index in [-0.39, 0.29) is 28.9 Å². The number of benzene rings is 2. The van der Waals surface area contributed by atoms with Gasteiger partial charge in [-0.25, -0.2) is 4.39 Å². The lowest BCUT2D eigenvalue weighted by Gasteiger charge is -2.38. The van der Waals surface area contributed by atoms with Crippen LogP contribution in [0.2, 0.25) is 0 Å². The van der Waals surface area contributed by atoms with E-state index in [0.29, 0.717) is 6.07 Å². The smallest absolute Gasteiger partial charge is 0.457 e. The number of ether oxygens (including phenoxy) is 1. The van der Waals surface area contributed by atoms with Gasteiger partial charge in [0, 0.05) is 11.1 Å². The quantitative estimate of drug-likeness (QED) is 0.445. The second-order valence-electron chi connectivity index (χ2n) is 6.63. The Labute approximate surface area is 166 Å². The van der Waals surface area contributed by atoms with Crippen molar-refractivity contribution >= 4 is 0 Å². The van der Waals surface area contributed by atoms with Crippen molar-refractivity contribution in [2.75, 3.05) is 7.11 Å². The van der Waals surface area contributed by atoms with Gasteiger partial charge >= 0.3 is 23.9 Å². The zero-order valence-corrected chi connectivity index (χ0v) is 16.0. The molecule has 2 aromatic carbocycles. The van der Waals surface area contributed by atoms with Gasteiger partial charge in [0.15, 0.2) is 0 Å². The average molecular weight is 444 g/mol. The summed E-state index contributed by atoms with van der Waals surface area (Å²) in [5.74, 6) is -6.87. The Kier molecular flexibility index (Phi) is 6.13. The minimum Gasteiger partial charge on any atom is -0.496 e. The lowest BCUT2D eigenvalue weighted by molar-refractivity contribution is -0.389. The Hall–Kier alpha value is -2.39. The molecule has 2 rings (SSSR count). The summed E-state index contributed by atoms with van der Waals surface area (Å²) in [5.41, 5.74) is -8.97. The summed E-state index contributed by atoms with van der Waals surface area (Å²) >= 11 is 0. The van der Waals surface area contributed by atoms with Crippen molar-refractivity contribution in [2.45, 2.75) is 44.2 Å². The Balaban J connectivity index is 3.10. The van der Waals surface area contributed by atoms with Crippen LogP contribution in [-0.2, 0) is 12.1 Å². The zero-order valence-electron chi connectivity index (χ0n) is 16.0. The fraction of sp³-hybridized carbons (Fsp3) is 0.400. The standard InChI is InChI=1S/C20H17F9O/c1-4-12-9-11(2)10-14(16(12)13-7-5-6-8-15(13)30-3)17(21,19(24,25)26)18(22,23)20(27,28)29/h5-10H,4H2,1-3H3. The summed E-state index contributed by atoms with van der Waals surface area (Å²) < 4.78 is 129. The first-order valence-corrected chi connectivity index (χ1v) is 8.61. The largest absolute Gasteiger partial charge is 0.496 e. The third-order valence-corrected chi connectivity index (χ3v) is 4.67. The molecule has 166 valence electrons. The lowest BCUT2D eigenvalue weighted by atomic mass is 9.79. The summed E-state index contributed by atoms with van der Waals surface area (Å²) in [6.07, 6.45) is -13.4. The number of hydrogen-bond donors (Lipinski definition) is 0. The monoisotopic (exact) mass is 444 g/mol. The Morgan fingerprint density at radius 2 is 1.40 bits per heavy atom. The summed E-state index contributed by atoms with van der Waals surface area (Å²) in [7, 11) is 1.13. The minimum absolute atomic E-state index is 0.0428. The van der Waals surface area contributed by atoms with Crippen LogP contribution in [0.15, 0.2) is 36.4 Å². The molecule has 0 bridgehead atoms. The molecule has 0 aromatic heterocycles. The van der Waals surface area contributed by atoms with Gasteiger partial charge in [-0.3, -0.25) is 0 Å². The molecular weight excluding hydrogens is 427 g/mol. The first-order valence-electron chi connectivity index (χ1n) is 8.61. The SMILES string of the molecule is CCc1cc(C)cc(C(F)(C(F)(F)F)C(F)(F)C(F)(F)F)c1-c1ccccc1OC. The predicted octanol–water partition coefficient (Wildman–Crippen LogP) is 7.16. The predicted molar refractivity (Wildman–Crippen MR) is 92.4 cm³/mol. The number of hydrogen-bond acceptors (Lipinski definition) is 1. The molecule has 1 atom stereocenters. The van der Waals surface area contributed by atoms with E-state index in [0.717, 1.165) is 13.2 Å². The van der Waals surface area contributed by atoms with Gasteiger partial charge in [0.25, 0.3) is 0 Å². The number of alkyl halides is 9. The molecule has 0 amide bonds. The van der Waals surface area contributed by atoms with Gasteiger partial charge in [0.2, 0.25) is 0 Å². The molecule has 0 aliphatic heterocycles. The molecule has 0 fully saturated rings. The molecule has 0 aliphatic rings. The topological polar surface area (TPSA) is 9.23 Å². The molecule has 0 radical (unpaired) electrons. The van der Waals surface area contributed by atoms with Crippen LogP contribution >= 0.6 is 0 Å². The normalized spacial score (nSPS) is 15.1. The van der Waals surface area contributed by atoms with Gasteiger partial charge in [-0.05, 0) is 30.5 Å². The van der Waals surface area contributed by atoms with Crippen molar-refractivity contribution in [3.05, 3.63) is 53.1 Å². The Morgan fingerprint density at radius 3 is 1.87 bits per heavy atom. The van der Waals surface area contributed by atoms with Crippen molar-refractivity contribution < 1.29 is 44.3 Å². The van der Waals surface area contributed by atoms with Gasteiger partial charge < -0.3 is 4.74 Å². The molecular formula is C20H17F9O. The first kappa shape index (κ1) is 23.9. The van der Waals surface area contributed by atoms with E-state index in [2.05, 4.69) is 0 Å². The van der Waals surface area contributed by atoms with Crippen LogP contribution in [0.4, 0.5) is 39.5 Å². The minimum atomic E-state index is -6.80. The molecule has 0 saturated carbocycles. The number of methoxy groups -OCH3 is 1. The maximum Gasteiger partial charge on any atom is 0.457 e. The fourth-order valence-corrected chi connectivity index (χ4v) is 3.28. The summed E-state index contributed by atoms with van der Waals surface area (Å²) in [6.45, 7) is 2.63. The van der Waals surface area contributed by atoms with E-state index in [4.69, 9.17) is 4.74 Å². The third-order valence-electron chi connectivity index (χ3n) is 4.67. The maximum absolute atomic E-state index is 15.3. The van der Waals surface area contributed by atoms with Gasteiger partial charge in [-0.2, -0.15) is 35.1 Å². The van der Waals surface area contributed by atoms with Crippen molar-refractivity contribution in [1.82, 2.24) is 0 Å². The van der Waals surface area contributed by atoms with E-state index in [1.165, 1.54) is 38.1 Å². The van der Waals surface area contributed by atoms with Crippen molar-refractivity contribution in [2.24, 2.45) is 0 Å². The second kappa shape index (κ2) is 7.70. The van der Waals surface area contributed by atoms with E-state index >= 15 is 4.39 Å². The highest BCUT2D eigenvalue weighted by molar-refractivity contribution is 5.78. The van der Waals surface area contributed by atoms with Crippen LogP contribution in [0.25, 0.3) is 11.1 Å². The van der Waals surface area contributed by atoms with E-state index in [1.807, 2.05) is 0 Å². The van der Waals surface area contributed by atoms with Crippen LogP contribution in [-0.4, -0.2) is 25.4 Å². The highest BCUT2D eigenvalue weighted by Crippen LogP contribution is 2.60. The van der Waals surface area contributed by atoms with Gasteiger partial charge in [0.1, 0.15) is 5.75 Å². The first-order chi connectivity index (χ1) is 13.6. The summed E-state index contributed by atoms with van der Waals surface area (Å²) in [6, 6.07) is 6.83. The Morgan fingerprint density at radius 1 is 0.833 bits per heavy atom. The maximum atomic E-state index is 15.3. The molecule has 0 heterocycles. The highest BCUT2D eigenvalue weighted by Gasteiger charge is 2.82. The van der Waals surface area contributed by atoms with E-state index in [9.17, 15) is 35.1 Å². The summed E-state index contributed by atoms with van der Waals surface area (Å²) in [4.78, 5) is 0. The van der Waals surface area contributed by atoms with Crippen molar-refractivity contribution in [3.8, 4) is 16.9 Å². The van der Waals surface area contributed by atoms with Crippen molar-refractivity contribution in [1.29, 1.82) is 0 Å². The third kappa shape index (κ3) is 3.60. The van der Waals surface area contributed by atoms with Crippen LogP contribution in [0.3, 0.4) is 0 Å². The molecule has 0 saturated heterocycles. The number of halogens is 9. The average Bonchev–Trinajstić information content (AvgIpc) is 2.64. The number of rotatable bonds is 5. The summed E-state index contributed by atoms with van der Waals surface area (Å²) in [5, 5.41) is 0. The highest BCUT2D eigenvalue weighted by atomic mass is 19.4. The van der Waals surface area contributed by atoms with E-state index < -0.39 is 35.1 Å². The Bertz CT molecular complexity index is 915. The van der Waals surface area contributed by atoms with Gasteiger partial charge in [0.05, 0.1) is 7.11 Å². The lowest BCUT2D eigenvalue weighted by Crippen LogP contribution is -2.60. The van der Waals surface area contributed by atoms with Gasteiger partial charge in [-0.1, -0.05) is 42.8 Å². The molecule has 0 spiro atoms. The van der Waals surface area contributed by atoms with Crippen molar-refractivity contribution in [3.63, 3.8) is 0 Å². The van der Waals surface area contributed by atoms with Crippen LogP contribution in [0, 0.1) is 6.92 Å². The number of para-hydroxylation sites is 1. The molecule has 0 aliphatic carbocycles. The van der Waals surface area contributed by atoms with Gasteiger partial charge in [-0.15, -0.1) is 0 Å². The molecule has 0 N–H and O–H groups in total. The molecule has 30 heavy (non-hydrogen) atoms. The van der Waals surface area contributed by atoms with Crippen LogP contribution < -0.4 is 4.74 Å². The van der Waals surface area contributed by atoms with Crippen LogP contribution in [0.1, 0.15) is 23.6 Å². The van der Waals surface area contributed by atoms with E-state index in [1.54, 1.807) is 0 Å². The van der Waals surface area contributed by atoms with Crippen LogP contribution in [0.5, 0.6) is 5.75 Å². The molecule has 1 unspecified atom stereocenters. The zero-order chi connectivity index (χ0) is 23.1. The number of aryl methyl sites for hydroxylation is 2. The second-order valence-corrected chi connectivity index (χ2v) is 6.63. The molecule has 10 heteroatoms. The molecule has 1 nitrogen and oxygen atoms in total. The fourth-order valence-electron chi connectivity index (χ4n) is 3.28. The molecule has 2 aromatic rings.